The number of fused-ring (bicyclic) bond motifs is 1. The van der Waals surface area contributed by atoms with Gasteiger partial charge in [0, 0.05) is 24.9 Å². The number of sulfonamides is 1. The van der Waals surface area contributed by atoms with E-state index in [1.165, 1.54) is 45.8 Å². The normalized spacial score (nSPS) is 11.6. The molecule has 0 radical (unpaired) electrons. The number of nitrogens with zero attached hydrogens (tertiary/aromatic N) is 3. The lowest BCUT2D eigenvalue weighted by Gasteiger charge is -2.18. The first-order valence-corrected chi connectivity index (χ1v) is 12.0. The molecule has 0 aliphatic heterocycles. The van der Waals surface area contributed by atoms with Crippen LogP contribution in [0.5, 0.6) is 11.5 Å². The van der Waals surface area contributed by atoms with Crippen molar-refractivity contribution in [1.29, 1.82) is 0 Å². The predicted octanol–water partition coefficient (Wildman–Crippen LogP) is 3.75. The van der Waals surface area contributed by atoms with Crippen LogP contribution in [0.3, 0.4) is 0 Å². The van der Waals surface area contributed by atoms with Gasteiger partial charge in [-0.3, -0.25) is 0 Å². The molecule has 4 aromatic rings. The van der Waals surface area contributed by atoms with Gasteiger partial charge in [-0.15, -0.1) is 0 Å². The SMILES string of the molecule is COC(=O)c1cc(-c2c(OC)cccc2OC)n(-c2ccc(S(=O)(=O)N(C)C)c3ccccc23)n1. The zero-order valence-electron chi connectivity index (χ0n) is 20.0. The van der Waals surface area contributed by atoms with Gasteiger partial charge in [-0.1, -0.05) is 30.3 Å². The third kappa shape index (κ3) is 4.11. The molecule has 0 aliphatic rings. The molecule has 1 aromatic heterocycles. The summed E-state index contributed by atoms with van der Waals surface area (Å²) in [6.07, 6.45) is 0. The van der Waals surface area contributed by atoms with Crippen LogP contribution in [0.25, 0.3) is 27.7 Å². The summed E-state index contributed by atoms with van der Waals surface area (Å²) >= 11 is 0. The highest BCUT2D eigenvalue weighted by Crippen LogP contribution is 2.41. The maximum atomic E-state index is 13.0. The Labute approximate surface area is 203 Å². The first-order chi connectivity index (χ1) is 16.7. The molecule has 0 amide bonds. The van der Waals surface area contributed by atoms with E-state index in [1.54, 1.807) is 47.1 Å². The molecule has 3 aromatic carbocycles. The van der Waals surface area contributed by atoms with Crippen molar-refractivity contribution in [3.05, 3.63) is 66.4 Å². The standard InChI is InChI=1S/C25H25N3O6S/c1-27(2)35(30,31)23-14-13-19(16-9-6-7-10-17(16)23)28-20(15-18(26-28)25(29)34-5)24-21(32-3)11-8-12-22(24)33-4/h6-15H,1-5H3. The van der Waals surface area contributed by atoms with Gasteiger partial charge in [0.15, 0.2) is 5.69 Å². The number of carbonyl (C=O) groups excluding carboxylic acids is 1. The van der Waals surface area contributed by atoms with E-state index >= 15 is 0 Å². The van der Waals surface area contributed by atoms with E-state index in [1.807, 2.05) is 12.1 Å². The van der Waals surface area contributed by atoms with Crippen LogP contribution in [-0.2, 0) is 14.8 Å². The van der Waals surface area contributed by atoms with Crippen LogP contribution >= 0.6 is 0 Å². The van der Waals surface area contributed by atoms with Crippen LogP contribution in [-0.4, -0.2) is 63.9 Å². The Morgan fingerprint density at radius 2 is 1.51 bits per heavy atom. The fourth-order valence-corrected chi connectivity index (χ4v) is 5.00. The van der Waals surface area contributed by atoms with Gasteiger partial charge >= 0.3 is 5.97 Å². The Kier molecular flexibility index (Phi) is 6.51. The maximum absolute atomic E-state index is 13.0. The van der Waals surface area contributed by atoms with Crippen molar-refractivity contribution in [2.75, 3.05) is 35.4 Å². The Morgan fingerprint density at radius 3 is 2.09 bits per heavy atom. The van der Waals surface area contributed by atoms with Crippen LogP contribution in [0.2, 0.25) is 0 Å². The van der Waals surface area contributed by atoms with E-state index in [0.29, 0.717) is 39.2 Å². The van der Waals surface area contributed by atoms with E-state index in [0.717, 1.165) is 0 Å². The number of methoxy groups -OCH3 is 3. The molecule has 0 unspecified atom stereocenters. The summed E-state index contributed by atoms with van der Waals surface area (Å²) in [4.78, 5) is 12.6. The molecule has 1 heterocycles. The van der Waals surface area contributed by atoms with Crippen molar-refractivity contribution in [3.63, 3.8) is 0 Å². The van der Waals surface area contributed by atoms with E-state index in [4.69, 9.17) is 14.2 Å². The van der Waals surface area contributed by atoms with Crippen molar-refractivity contribution in [2.45, 2.75) is 4.90 Å². The minimum atomic E-state index is -3.71. The lowest BCUT2D eigenvalue weighted by molar-refractivity contribution is 0.0593. The largest absolute Gasteiger partial charge is 0.496 e. The Bertz CT molecular complexity index is 1500. The average Bonchev–Trinajstić information content (AvgIpc) is 3.31. The predicted molar refractivity (Wildman–Crippen MR) is 132 cm³/mol. The summed E-state index contributed by atoms with van der Waals surface area (Å²) < 4.78 is 44.8. The van der Waals surface area contributed by atoms with Gasteiger partial charge in [0.1, 0.15) is 11.5 Å². The van der Waals surface area contributed by atoms with E-state index in [-0.39, 0.29) is 10.6 Å². The fourth-order valence-electron chi connectivity index (χ4n) is 3.91. The number of carbonyl (C=O) groups is 1. The van der Waals surface area contributed by atoms with Crippen molar-refractivity contribution in [2.24, 2.45) is 0 Å². The number of rotatable bonds is 7. The molecule has 0 saturated carbocycles. The summed E-state index contributed by atoms with van der Waals surface area (Å²) in [6.45, 7) is 0. The zero-order chi connectivity index (χ0) is 25.3. The molecule has 0 bridgehead atoms. The smallest absolute Gasteiger partial charge is 0.358 e. The number of benzene rings is 3. The molecule has 182 valence electrons. The van der Waals surface area contributed by atoms with Crippen LogP contribution in [0.1, 0.15) is 10.5 Å². The molecular formula is C25H25N3O6S. The number of hydrogen-bond acceptors (Lipinski definition) is 7. The molecule has 0 saturated heterocycles. The quantitative estimate of drug-likeness (QED) is 0.360. The second kappa shape index (κ2) is 9.40. The van der Waals surface area contributed by atoms with E-state index < -0.39 is 16.0 Å². The minimum Gasteiger partial charge on any atom is -0.496 e. The van der Waals surface area contributed by atoms with Crippen molar-refractivity contribution in [3.8, 4) is 28.4 Å². The van der Waals surface area contributed by atoms with E-state index in [9.17, 15) is 13.2 Å². The van der Waals surface area contributed by atoms with Gasteiger partial charge < -0.3 is 14.2 Å². The van der Waals surface area contributed by atoms with Crippen molar-refractivity contribution in [1.82, 2.24) is 14.1 Å². The van der Waals surface area contributed by atoms with Crippen LogP contribution in [0.15, 0.2) is 65.6 Å². The monoisotopic (exact) mass is 495 g/mol. The number of hydrogen-bond donors (Lipinski definition) is 0. The molecule has 0 aliphatic carbocycles. The van der Waals surface area contributed by atoms with Crippen molar-refractivity contribution >= 4 is 26.8 Å². The number of aromatic nitrogens is 2. The summed E-state index contributed by atoms with van der Waals surface area (Å²) in [7, 11) is 3.62. The van der Waals surface area contributed by atoms with Gasteiger partial charge in [-0.25, -0.2) is 22.2 Å². The third-order valence-electron chi connectivity index (χ3n) is 5.64. The number of esters is 1. The van der Waals surface area contributed by atoms with Crippen molar-refractivity contribution < 1.29 is 27.4 Å². The lowest BCUT2D eigenvalue weighted by atomic mass is 10.1. The van der Waals surface area contributed by atoms with Gasteiger partial charge in [0.05, 0.1) is 43.2 Å². The lowest BCUT2D eigenvalue weighted by Crippen LogP contribution is -2.22. The molecule has 0 N–H and O–H groups in total. The second-order valence-electron chi connectivity index (χ2n) is 7.77. The van der Waals surface area contributed by atoms with E-state index in [2.05, 4.69) is 5.10 Å². The van der Waals surface area contributed by atoms with Crippen LogP contribution in [0.4, 0.5) is 0 Å². The highest BCUT2D eigenvalue weighted by atomic mass is 32.2. The molecular weight excluding hydrogens is 470 g/mol. The van der Waals surface area contributed by atoms with Crippen LogP contribution < -0.4 is 9.47 Å². The van der Waals surface area contributed by atoms with Gasteiger partial charge in [-0.2, -0.15) is 5.10 Å². The topological polar surface area (TPSA) is 100.0 Å². The molecule has 4 rings (SSSR count). The molecule has 0 spiro atoms. The summed E-state index contributed by atoms with van der Waals surface area (Å²) in [5, 5.41) is 5.68. The Balaban J connectivity index is 2.09. The van der Waals surface area contributed by atoms with Gasteiger partial charge in [-0.05, 0) is 30.3 Å². The first-order valence-electron chi connectivity index (χ1n) is 10.6. The highest BCUT2D eigenvalue weighted by Gasteiger charge is 2.26. The molecule has 0 atom stereocenters. The second-order valence-corrected chi connectivity index (χ2v) is 9.89. The Morgan fingerprint density at radius 1 is 0.886 bits per heavy atom. The minimum absolute atomic E-state index is 0.0736. The summed E-state index contributed by atoms with van der Waals surface area (Å²) in [5.74, 6) is 0.408. The number of ether oxygens (including phenoxy) is 3. The Hall–Kier alpha value is -3.89. The fraction of sp³-hybridized carbons (Fsp3) is 0.200. The molecule has 10 heteroatoms. The maximum Gasteiger partial charge on any atom is 0.358 e. The first kappa shape index (κ1) is 24.2. The highest BCUT2D eigenvalue weighted by molar-refractivity contribution is 7.89. The summed E-state index contributed by atoms with van der Waals surface area (Å²) in [5.41, 5.74) is 1.73. The summed E-state index contributed by atoms with van der Waals surface area (Å²) in [6, 6.07) is 17.3. The molecule has 9 nitrogen and oxygen atoms in total. The zero-order valence-corrected chi connectivity index (χ0v) is 20.8. The average molecular weight is 496 g/mol. The third-order valence-corrected chi connectivity index (χ3v) is 7.51. The van der Waals surface area contributed by atoms with Gasteiger partial charge in [0.2, 0.25) is 10.0 Å². The molecule has 35 heavy (non-hydrogen) atoms. The molecule has 0 fully saturated rings. The van der Waals surface area contributed by atoms with Crippen LogP contribution in [0, 0.1) is 0 Å². The van der Waals surface area contributed by atoms with Gasteiger partial charge in [0.25, 0.3) is 0 Å².